The van der Waals surface area contributed by atoms with Crippen molar-refractivity contribution in [3.8, 4) is 0 Å². The molecule has 10 heteroatoms. The van der Waals surface area contributed by atoms with Crippen molar-refractivity contribution < 1.29 is 18.3 Å². The van der Waals surface area contributed by atoms with Crippen LogP contribution in [0.1, 0.15) is 36.8 Å². The van der Waals surface area contributed by atoms with Crippen LogP contribution in [0.4, 0.5) is 14.6 Å². The number of pyridine rings is 2. The maximum atomic E-state index is 13.7. The molecule has 1 fully saturated rings. The van der Waals surface area contributed by atoms with Crippen molar-refractivity contribution in [2.45, 2.75) is 44.1 Å². The van der Waals surface area contributed by atoms with Crippen molar-refractivity contribution in [3.05, 3.63) is 52.5 Å². The number of nitrogens with two attached hydrogens (primary N) is 1. The Hall–Kier alpha value is -3.11. The first-order valence-electron chi connectivity index (χ1n) is 11.9. The number of aromatic nitrogens is 2. The van der Waals surface area contributed by atoms with Crippen LogP contribution in [0.25, 0.3) is 16.5 Å². The number of aromatic amines is 1. The second kappa shape index (κ2) is 10.7. The SMILES string of the molecule is C=CCCc1cc2c(C3=CCOCC3)cnc(NC3CCN(C(=O)C(F)(F)CN)CC3)c2[nH]c1=O. The summed E-state index contributed by atoms with van der Waals surface area (Å²) in [5.74, 6) is -4.25. The zero-order valence-electron chi connectivity index (χ0n) is 19.6. The van der Waals surface area contributed by atoms with E-state index in [1.54, 1.807) is 12.3 Å². The van der Waals surface area contributed by atoms with Crippen molar-refractivity contribution in [2.75, 3.05) is 38.2 Å². The summed E-state index contributed by atoms with van der Waals surface area (Å²) in [7, 11) is 0. The molecule has 0 saturated carbocycles. The number of nitrogens with zero attached hydrogens (tertiary/aromatic N) is 2. The van der Waals surface area contributed by atoms with Crippen LogP contribution in [0.5, 0.6) is 0 Å². The van der Waals surface area contributed by atoms with Crippen LogP contribution < -0.4 is 16.6 Å². The fourth-order valence-corrected chi connectivity index (χ4v) is 4.55. The van der Waals surface area contributed by atoms with E-state index in [0.29, 0.717) is 55.8 Å². The number of likely N-dealkylation sites (tertiary alicyclic amines) is 1. The maximum Gasteiger partial charge on any atom is 0.336 e. The van der Waals surface area contributed by atoms with Gasteiger partial charge in [0.1, 0.15) is 0 Å². The third kappa shape index (κ3) is 5.43. The van der Waals surface area contributed by atoms with Gasteiger partial charge in [0.05, 0.1) is 25.3 Å². The van der Waals surface area contributed by atoms with Crippen molar-refractivity contribution in [3.63, 3.8) is 0 Å². The minimum Gasteiger partial charge on any atom is -0.377 e. The number of ether oxygens (including phenoxy) is 1. The average Bonchev–Trinajstić information content (AvgIpc) is 2.88. The highest BCUT2D eigenvalue weighted by Crippen LogP contribution is 2.31. The molecule has 1 amide bonds. The molecule has 1 saturated heterocycles. The molecule has 8 nitrogen and oxygen atoms in total. The molecule has 4 heterocycles. The third-order valence-corrected chi connectivity index (χ3v) is 6.59. The van der Waals surface area contributed by atoms with Gasteiger partial charge in [-0.25, -0.2) is 4.98 Å². The minimum absolute atomic E-state index is 0.0849. The number of hydrogen-bond acceptors (Lipinski definition) is 6. The topological polar surface area (TPSA) is 113 Å². The summed E-state index contributed by atoms with van der Waals surface area (Å²) < 4.78 is 32.8. The van der Waals surface area contributed by atoms with Crippen LogP contribution >= 0.6 is 0 Å². The molecule has 0 bridgehead atoms. The van der Waals surface area contributed by atoms with Crippen molar-refractivity contribution >= 4 is 28.2 Å². The van der Waals surface area contributed by atoms with E-state index in [1.165, 1.54) is 0 Å². The number of halogens is 2. The number of H-pyrrole nitrogens is 1. The Kier molecular flexibility index (Phi) is 7.61. The lowest BCUT2D eigenvalue weighted by Crippen LogP contribution is -2.51. The van der Waals surface area contributed by atoms with E-state index in [2.05, 4.69) is 21.9 Å². The molecule has 0 spiro atoms. The number of aryl methyl sites for hydroxylation is 1. The largest absolute Gasteiger partial charge is 0.377 e. The maximum absolute atomic E-state index is 13.7. The van der Waals surface area contributed by atoms with Gasteiger partial charge in [0.15, 0.2) is 5.82 Å². The smallest absolute Gasteiger partial charge is 0.336 e. The number of anilines is 1. The molecule has 2 aromatic heterocycles. The van der Waals surface area contributed by atoms with Crippen LogP contribution in [0.3, 0.4) is 0 Å². The average molecular weight is 488 g/mol. The highest BCUT2D eigenvalue weighted by atomic mass is 19.3. The number of allylic oxidation sites excluding steroid dienone is 1. The van der Waals surface area contributed by atoms with Gasteiger partial charge in [-0.15, -0.1) is 6.58 Å². The number of piperidine rings is 1. The lowest BCUT2D eigenvalue weighted by atomic mass is 9.97. The number of alkyl halides is 2. The van der Waals surface area contributed by atoms with Gasteiger partial charge in [0.2, 0.25) is 0 Å². The van der Waals surface area contributed by atoms with Gasteiger partial charge >= 0.3 is 5.92 Å². The molecule has 2 aliphatic heterocycles. The molecule has 0 atom stereocenters. The fourth-order valence-electron chi connectivity index (χ4n) is 4.55. The summed E-state index contributed by atoms with van der Waals surface area (Å²) >= 11 is 0. The number of rotatable bonds is 8. The van der Waals surface area contributed by atoms with E-state index >= 15 is 0 Å². The zero-order valence-corrected chi connectivity index (χ0v) is 19.6. The summed E-state index contributed by atoms with van der Waals surface area (Å²) in [6.45, 7) is 4.28. The molecule has 2 aliphatic rings. The lowest BCUT2D eigenvalue weighted by molar-refractivity contribution is -0.156. The highest BCUT2D eigenvalue weighted by Gasteiger charge is 2.41. The summed E-state index contributed by atoms with van der Waals surface area (Å²) in [5.41, 5.74) is 8.23. The summed E-state index contributed by atoms with van der Waals surface area (Å²) in [4.78, 5) is 33.6. The molecule has 0 aliphatic carbocycles. The molecule has 188 valence electrons. The first-order valence-corrected chi connectivity index (χ1v) is 11.9. The molecular weight excluding hydrogens is 456 g/mol. The Morgan fingerprint density at radius 1 is 1.40 bits per heavy atom. The number of carbonyl (C=O) groups is 1. The van der Waals surface area contributed by atoms with Gasteiger partial charge in [-0.05, 0) is 43.7 Å². The van der Waals surface area contributed by atoms with Gasteiger partial charge in [0, 0.05) is 41.8 Å². The van der Waals surface area contributed by atoms with E-state index in [9.17, 15) is 18.4 Å². The second-order valence-corrected chi connectivity index (χ2v) is 8.93. The summed E-state index contributed by atoms with van der Waals surface area (Å²) in [6, 6.07) is 1.84. The number of fused-ring (bicyclic) bond motifs is 1. The number of amides is 1. The van der Waals surface area contributed by atoms with Crippen LogP contribution in [0.2, 0.25) is 0 Å². The second-order valence-electron chi connectivity index (χ2n) is 8.93. The first-order chi connectivity index (χ1) is 16.8. The van der Waals surface area contributed by atoms with Crippen molar-refractivity contribution in [1.29, 1.82) is 0 Å². The number of hydrogen-bond donors (Lipinski definition) is 3. The van der Waals surface area contributed by atoms with Gasteiger partial charge in [0.25, 0.3) is 11.5 Å². The summed E-state index contributed by atoms with van der Waals surface area (Å²) in [5, 5.41) is 4.26. The molecule has 0 unspecified atom stereocenters. The molecule has 35 heavy (non-hydrogen) atoms. The van der Waals surface area contributed by atoms with E-state index in [0.717, 1.165) is 27.8 Å². The standard InChI is InChI=1S/C25H31F2N5O3/c1-2-3-4-17-13-19-20(16-7-11-35-12-8-16)14-29-22(21(19)31-23(17)33)30-18-5-9-32(10-6-18)24(34)25(26,27)15-28/h2,7,13-14,18H,1,3-6,8-12,15,28H2,(H,29,30)(H,31,33). The molecule has 0 aromatic carbocycles. The normalized spacial score (nSPS) is 17.3. The zero-order chi connectivity index (χ0) is 25.0. The Bertz CT molecular complexity index is 1190. The van der Waals surface area contributed by atoms with Gasteiger partial charge in [-0.1, -0.05) is 12.2 Å². The molecule has 2 aromatic rings. The summed E-state index contributed by atoms with van der Waals surface area (Å²) in [6.07, 6.45) is 8.60. The van der Waals surface area contributed by atoms with Gasteiger partial charge in [-0.2, -0.15) is 8.78 Å². The van der Waals surface area contributed by atoms with E-state index < -0.39 is 18.4 Å². The Morgan fingerprint density at radius 2 is 2.17 bits per heavy atom. The lowest BCUT2D eigenvalue weighted by Gasteiger charge is -2.34. The Morgan fingerprint density at radius 3 is 2.83 bits per heavy atom. The predicted octanol–water partition coefficient (Wildman–Crippen LogP) is 2.84. The number of carbonyl (C=O) groups excluding carboxylic acids is 1. The van der Waals surface area contributed by atoms with E-state index in [1.807, 2.05) is 12.1 Å². The number of nitrogens with one attached hydrogen (secondary N) is 2. The van der Waals surface area contributed by atoms with Crippen LogP contribution in [0, 0.1) is 0 Å². The van der Waals surface area contributed by atoms with Crippen molar-refractivity contribution in [1.82, 2.24) is 14.9 Å². The first kappa shape index (κ1) is 25.0. The van der Waals surface area contributed by atoms with Crippen LogP contribution in [-0.4, -0.2) is 65.6 Å². The molecular formula is C25H31F2N5O3. The molecule has 4 rings (SSSR count). The van der Waals surface area contributed by atoms with Gasteiger partial charge < -0.3 is 25.7 Å². The fraction of sp³-hybridized carbons (Fsp3) is 0.480. The van der Waals surface area contributed by atoms with Crippen LogP contribution in [-0.2, 0) is 16.0 Å². The molecule has 4 N–H and O–H groups in total. The quantitative estimate of drug-likeness (QED) is 0.494. The van der Waals surface area contributed by atoms with Crippen LogP contribution in [0.15, 0.2) is 35.8 Å². The third-order valence-electron chi connectivity index (χ3n) is 6.59. The highest BCUT2D eigenvalue weighted by molar-refractivity contribution is 5.97. The molecule has 0 radical (unpaired) electrons. The van der Waals surface area contributed by atoms with E-state index in [-0.39, 0.29) is 24.7 Å². The predicted molar refractivity (Wildman–Crippen MR) is 132 cm³/mol. The monoisotopic (exact) mass is 487 g/mol. The van der Waals surface area contributed by atoms with Gasteiger partial charge in [-0.3, -0.25) is 9.59 Å². The van der Waals surface area contributed by atoms with E-state index in [4.69, 9.17) is 10.5 Å². The minimum atomic E-state index is -3.55. The Labute approximate surface area is 202 Å². The Balaban J connectivity index is 1.60. The van der Waals surface area contributed by atoms with Crippen molar-refractivity contribution in [2.24, 2.45) is 5.73 Å².